The number of carbonyl (C=O) groups is 1. The lowest BCUT2D eigenvalue weighted by Gasteiger charge is -2.15. The van der Waals surface area contributed by atoms with Gasteiger partial charge in [-0.15, -0.1) is 0 Å². The number of rotatable bonds is 5. The summed E-state index contributed by atoms with van der Waals surface area (Å²) in [5, 5.41) is 8.46. The summed E-state index contributed by atoms with van der Waals surface area (Å²) in [6.45, 7) is 3.07. The fraction of sp³-hybridized carbons (Fsp3) is 0.381. The Hall–Kier alpha value is -2.93. The van der Waals surface area contributed by atoms with E-state index < -0.39 is 0 Å². The monoisotopic (exact) mass is 380 g/mol. The fourth-order valence-corrected chi connectivity index (χ4v) is 3.82. The van der Waals surface area contributed by atoms with Crippen LogP contribution < -0.4 is 0 Å². The van der Waals surface area contributed by atoms with Gasteiger partial charge in [0.25, 0.3) is 5.91 Å². The summed E-state index contributed by atoms with van der Waals surface area (Å²) in [4.78, 5) is 15.0. The molecule has 28 heavy (non-hydrogen) atoms. The number of hydrogen-bond donors (Lipinski definition) is 0. The maximum atomic E-state index is 13.1. The van der Waals surface area contributed by atoms with E-state index in [1.807, 2.05) is 54.3 Å². The van der Waals surface area contributed by atoms with Gasteiger partial charge in [0.05, 0.1) is 17.5 Å². The first-order valence-corrected chi connectivity index (χ1v) is 9.39. The average molecular weight is 380 g/mol. The van der Waals surface area contributed by atoms with E-state index in [0.29, 0.717) is 25.2 Å². The summed E-state index contributed by atoms with van der Waals surface area (Å²) in [5.41, 5.74) is 3.22. The van der Waals surface area contributed by atoms with Gasteiger partial charge in [-0.3, -0.25) is 9.48 Å². The highest BCUT2D eigenvalue weighted by Gasteiger charge is 2.37. The van der Waals surface area contributed by atoms with Gasteiger partial charge in [0.1, 0.15) is 11.5 Å². The van der Waals surface area contributed by atoms with Crippen LogP contribution >= 0.6 is 0 Å². The number of hydrogen-bond acceptors (Lipinski definition) is 5. The van der Waals surface area contributed by atoms with E-state index in [2.05, 4.69) is 10.3 Å². The number of aromatic nitrogens is 3. The van der Waals surface area contributed by atoms with Crippen LogP contribution in [0.5, 0.6) is 0 Å². The normalized spacial score (nSPS) is 19.3. The van der Waals surface area contributed by atoms with E-state index in [9.17, 15) is 4.79 Å². The molecule has 0 bridgehead atoms. The zero-order valence-electron chi connectivity index (χ0n) is 16.3. The molecule has 4 rings (SSSR count). The van der Waals surface area contributed by atoms with Crippen molar-refractivity contribution in [3.8, 4) is 11.3 Å². The van der Waals surface area contributed by atoms with Crippen molar-refractivity contribution >= 4 is 5.91 Å². The summed E-state index contributed by atoms with van der Waals surface area (Å²) in [6, 6.07) is 13.7. The number of benzene rings is 1. The van der Waals surface area contributed by atoms with Crippen molar-refractivity contribution in [1.29, 1.82) is 0 Å². The molecule has 1 fully saturated rings. The van der Waals surface area contributed by atoms with Crippen molar-refractivity contribution in [3.05, 3.63) is 59.6 Å². The Labute approximate surface area is 163 Å². The molecule has 146 valence electrons. The average Bonchev–Trinajstić information content (AvgIpc) is 3.41. The van der Waals surface area contributed by atoms with E-state index in [4.69, 9.17) is 9.26 Å². The minimum absolute atomic E-state index is 0.0313. The van der Waals surface area contributed by atoms with Gasteiger partial charge in [0.2, 0.25) is 0 Å². The first-order chi connectivity index (χ1) is 13.5. The molecular formula is C21H24N4O3. The Morgan fingerprint density at radius 1 is 1.25 bits per heavy atom. The fourth-order valence-electron chi connectivity index (χ4n) is 3.82. The molecule has 2 aromatic heterocycles. The Morgan fingerprint density at radius 3 is 2.71 bits per heavy atom. The third-order valence-corrected chi connectivity index (χ3v) is 5.28. The molecule has 1 amide bonds. The molecule has 0 spiro atoms. The van der Waals surface area contributed by atoms with Crippen LogP contribution in [0.1, 0.15) is 21.9 Å². The molecule has 1 aromatic carbocycles. The van der Waals surface area contributed by atoms with Crippen LogP contribution in [0, 0.1) is 12.8 Å². The minimum Gasteiger partial charge on any atom is -0.379 e. The van der Waals surface area contributed by atoms with Crippen LogP contribution in [0.3, 0.4) is 0 Å². The number of nitrogens with zero attached hydrogens (tertiary/aromatic N) is 4. The third-order valence-electron chi connectivity index (χ3n) is 5.28. The molecule has 7 nitrogen and oxygen atoms in total. The highest BCUT2D eigenvalue weighted by Crippen LogP contribution is 2.26. The second-order valence-corrected chi connectivity index (χ2v) is 7.29. The number of amides is 1. The predicted octanol–water partition coefficient (Wildman–Crippen LogP) is 2.71. The molecule has 3 heterocycles. The van der Waals surface area contributed by atoms with Crippen molar-refractivity contribution in [2.75, 3.05) is 20.2 Å². The maximum absolute atomic E-state index is 13.1. The van der Waals surface area contributed by atoms with Crippen molar-refractivity contribution in [2.24, 2.45) is 13.0 Å². The Bertz CT molecular complexity index is 963. The molecule has 0 saturated carbocycles. The second-order valence-electron chi connectivity index (χ2n) is 7.29. The molecule has 1 saturated heterocycles. The van der Waals surface area contributed by atoms with Crippen LogP contribution in [0.25, 0.3) is 11.3 Å². The highest BCUT2D eigenvalue weighted by atomic mass is 16.5. The largest absolute Gasteiger partial charge is 0.379 e. The minimum atomic E-state index is -0.0320. The molecule has 2 atom stereocenters. The van der Waals surface area contributed by atoms with Crippen molar-refractivity contribution < 1.29 is 14.1 Å². The quantitative estimate of drug-likeness (QED) is 0.680. The van der Waals surface area contributed by atoms with Crippen LogP contribution in [-0.2, 0) is 18.2 Å². The lowest BCUT2D eigenvalue weighted by molar-refractivity contribution is 0.0666. The van der Waals surface area contributed by atoms with E-state index in [1.54, 1.807) is 18.8 Å². The smallest absolute Gasteiger partial charge is 0.272 e. The van der Waals surface area contributed by atoms with Gasteiger partial charge in [-0.1, -0.05) is 35.5 Å². The molecule has 7 heteroatoms. The molecule has 0 aliphatic carbocycles. The van der Waals surface area contributed by atoms with Crippen molar-refractivity contribution in [2.45, 2.75) is 19.4 Å². The first-order valence-electron chi connectivity index (χ1n) is 9.39. The van der Waals surface area contributed by atoms with E-state index in [-0.39, 0.29) is 17.9 Å². The molecule has 1 aliphatic heterocycles. The second kappa shape index (κ2) is 7.59. The van der Waals surface area contributed by atoms with E-state index >= 15 is 0 Å². The van der Waals surface area contributed by atoms with Gasteiger partial charge >= 0.3 is 0 Å². The lowest BCUT2D eigenvalue weighted by atomic mass is 10.0. The number of carbonyl (C=O) groups excluding carboxylic acids is 1. The van der Waals surface area contributed by atoms with Gasteiger partial charge in [-0.25, -0.2) is 0 Å². The molecule has 0 N–H and O–H groups in total. The standard InChI is InChI=1S/C21H24N4O3/c1-14-9-17(28-23-14)10-16-12-25(13-20(16)27-3)21(26)19-11-18(22-24(19)2)15-7-5-4-6-8-15/h4-9,11,16,20H,10,12-13H2,1-3H3. The van der Waals surface area contributed by atoms with Gasteiger partial charge in [0, 0.05) is 51.2 Å². The third kappa shape index (κ3) is 3.57. The summed E-state index contributed by atoms with van der Waals surface area (Å²) in [6.07, 6.45) is 0.667. The molecule has 1 aliphatic rings. The Balaban J connectivity index is 1.51. The zero-order valence-corrected chi connectivity index (χ0v) is 16.3. The number of likely N-dealkylation sites (tertiary alicyclic amines) is 1. The van der Waals surface area contributed by atoms with E-state index in [0.717, 1.165) is 22.7 Å². The SMILES string of the molecule is COC1CN(C(=O)c2cc(-c3ccccc3)nn2C)CC1Cc1cc(C)no1. The first kappa shape index (κ1) is 18.4. The number of methoxy groups -OCH3 is 1. The Kier molecular flexibility index (Phi) is 5.00. The summed E-state index contributed by atoms with van der Waals surface area (Å²) in [7, 11) is 3.49. The van der Waals surface area contributed by atoms with Crippen LogP contribution in [0.4, 0.5) is 0 Å². The van der Waals surface area contributed by atoms with Crippen molar-refractivity contribution in [3.63, 3.8) is 0 Å². The topological polar surface area (TPSA) is 73.4 Å². The molecule has 2 unspecified atom stereocenters. The van der Waals surface area contributed by atoms with Gasteiger partial charge in [-0.05, 0) is 13.0 Å². The van der Waals surface area contributed by atoms with Gasteiger partial charge < -0.3 is 14.2 Å². The molecule has 3 aromatic rings. The van der Waals surface area contributed by atoms with E-state index in [1.165, 1.54) is 0 Å². The maximum Gasteiger partial charge on any atom is 0.272 e. The van der Waals surface area contributed by atoms with Crippen LogP contribution in [0.15, 0.2) is 47.0 Å². The van der Waals surface area contributed by atoms with Gasteiger partial charge in [-0.2, -0.15) is 5.10 Å². The zero-order chi connectivity index (χ0) is 19.7. The van der Waals surface area contributed by atoms with Crippen LogP contribution in [-0.4, -0.2) is 52.0 Å². The predicted molar refractivity (Wildman–Crippen MR) is 104 cm³/mol. The summed E-state index contributed by atoms with van der Waals surface area (Å²) in [5.74, 6) is 0.962. The van der Waals surface area contributed by atoms with Gasteiger partial charge in [0.15, 0.2) is 0 Å². The summed E-state index contributed by atoms with van der Waals surface area (Å²) >= 11 is 0. The summed E-state index contributed by atoms with van der Waals surface area (Å²) < 4.78 is 12.6. The highest BCUT2D eigenvalue weighted by molar-refractivity contribution is 5.94. The number of aryl methyl sites for hydroxylation is 2. The Morgan fingerprint density at radius 2 is 2.04 bits per heavy atom. The van der Waals surface area contributed by atoms with Crippen LogP contribution in [0.2, 0.25) is 0 Å². The van der Waals surface area contributed by atoms with Crippen molar-refractivity contribution in [1.82, 2.24) is 19.8 Å². The molecule has 0 radical (unpaired) electrons. The lowest BCUT2D eigenvalue weighted by Crippen LogP contribution is -2.31. The molecular weight excluding hydrogens is 356 g/mol. The number of ether oxygens (including phenoxy) is 1.